The van der Waals surface area contributed by atoms with Crippen LogP contribution in [0.2, 0.25) is 5.02 Å². The molecule has 0 radical (unpaired) electrons. The highest BCUT2D eigenvalue weighted by atomic mass is 35.5. The summed E-state index contributed by atoms with van der Waals surface area (Å²) < 4.78 is 10.9. The summed E-state index contributed by atoms with van der Waals surface area (Å²) in [5.41, 5.74) is 5.42. The molecule has 3 nitrogen and oxygen atoms in total. The normalized spacial score (nSPS) is 12.4. The Bertz CT molecular complexity index is 307. The van der Waals surface area contributed by atoms with Crippen molar-refractivity contribution in [1.82, 2.24) is 0 Å². The zero-order chi connectivity index (χ0) is 11.8. The molecule has 0 aliphatic heterocycles. The molecular formula is C12H18ClNO2. The smallest absolute Gasteiger partial charge is 0.120 e. The quantitative estimate of drug-likeness (QED) is 0.749. The Balaban J connectivity index is 2.12. The third-order valence-electron chi connectivity index (χ3n) is 2.09. The third-order valence-corrected chi connectivity index (χ3v) is 2.32. The highest BCUT2D eigenvalue weighted by molar-refractivity contribution is 6.30. The molecule has 0 aliphatic carbocycles. The van der Waals surface area contributed by atoms with E-state index in [1.54, 1.807) is 6.07 Å². The average molecular weight is 244 g/mol. The molecule has 1 aromatic rings. The van der Waals surface area contributed by atoms with Gasteiger partial charge in [-0.05, 0) is 25.1 Å². The molecule has 2 N–H and O–H groups in total. The number of ether oxygens (including phenoxy) is 2. The van der Waals surface area contributed by atoms with Crippen LogP contribution >= 0.6 is 11.6 Å². The fourth-order valence-corrected chi connectivity index (χ4v) is 1.34. The minimum atomic E-state index is 0.117. The standard InChI is InChI=1S/C12H18ClNO2/c1-10(9-14)15-6-3-7-16-12-5-2-4-11(13)8-12/h2,4-5,8,10H,3,6-7,9,14H2,1H3. The monoisotopic (exact) mass is 243 g/mol. The Morgan fingerprint density at radius 1 is 1.38 bits per heavy atom. The molecule has 0 aliphatic rings. The van der Waals surface area contributed by atoms with Crippen molar-refractivity contribution >= 4 is 11.6 Å². The van der Waals surface area contributed by atoms with E-state index in [2.05, 4.69) is 0 Å². The first kappa shape index (κ1) is 13.3. The van der Waals surface area contributed by atoms with Crippen LogP contribution in [0.4, 0.5) is 0 Å². The molecule has 1 unspecified atom stereocenters. The maximum Gasteiger partial charge on any atom is 0.120 e. The Morgan fingerprint density at radius 2 is 2.19 bits per heavy atom. The maximum absolute atomic E-state index is 5.83. The van der Waals surface area contributed by atoms with E-state index >= 15 is 0 Å². The van der Waals surface area contributed by atoms with Crippen molar-refractivity contribution in [2.75, 3.05) is 19.8 Å². The molecule has 0 spiro atoms. The van der Waals surface area contributed by atoms with E-state index in [0.29, 0.717) is 24.8 Å². The molecule has 1 atom stereocenters. The number of rotatable bonds is 7. The van der Waals surface area contributed by atoms with Crippen molar-refractivity contribution in [1.29, 1.82) is 0 Å². The Labute approximate surface area is 101 Å². The Kier molecular flexibility index (Phi) is 6.23. The average Bonchev–Trinajstić information content (AvgIpc) is 2.28. The first-order valence-corrected chi connectivity index (χ1v) is 5.80. The lowest BCUT2D eigenvalue weighted by Gasteiger charge is -2.10. The number of hydrogen-bond donors (Lipinski definition) is 1. The predicted molar refractivity (Wildman–Crippen MR) is 66.0 cm³/mol. The first-order valence-electron chi connectivity index (χ1n) is 5.42. The fraction of sp³-hybridized carbons (Fsp3) is 0.500. The lowest BCUT2D eigenvalue weighted by Crippen LogP contribution is -2.21. The van der Waals surface area contributed by atoms with Gasteiger partial charge in [-0.1, -0.05) is 17.7 Å². The predicted octanol–water partition coefficient (Wildman–Crippen LogP) is 2.47. The van der Waals surface area contributed by atoms with Gasteiger partial charge in [-0.15, -0.1) is 0 Å². The Morgan fingerprint density at radius 3 is 2.88 bits per heavy atom. The van der Waals surface area contributed by atoms with E-state index in [1.807, 2.05) is 25.1 Å². The molecule has 0 saturated carbocycles. The number of benzene rings is 1. The summed E-state index contributed by atoms with van der Waals surface area (Å²) in [6, 6.07) is 7.37. The minimum absolute atomic E-state index is 0.117. The summed E-state index contributed by atoms with van der Waals surface area (Å²) in [6.07, 6.45) is 0.961. The van der Waals surface area contributed by atoms with Crippen LogP contribution < -0.4 is 10.5 Å². The van der Waals surface area contributed by atoms with Crippen molar-refractivity contribution in [2.45, 2.75) is 19.4 Å². The van der Waals surface area contributed by atoms with E-state index in [4.69, 9.17) is 26.8 Å². The summed E-state index contributed by atoms with van der Waals surface area (Å²) in [5, 5.41) is 0.686. The molecule has 1 aromatic carbocycles. The first-order chi connectivity index (χ1) is 7.72. The largest absolute Gasteiger partial charge is 0.493 e. The van der Waals surface area contributed by atoms with E-state index in [9.17, 15) is 0 Å². The van der Waals surface area contributed by atoms with Crippen LogP contribution in [0.25, 0.3) is 0 Å². The molecule has 0 fully saturated rings. The highest BCUT2D eigenvalue weighted by Crippen LogP contribution is 2.17. The molecule has 16 heavy (non-hydrogen) atoms. The van der Waals surface area contributed by atoms with Crippen molar-refractivity contribution in [2.24, 2.45) is 5.73 Å². The molecule has 90 valence electrons. The van der Waals surface area contributed by atoms with Gasteiger partial charge in [0.2, 0.25) is 0 Å². The molecule has 0 bridgehead atoms. The van der Waals surface area contributed by atoms with Crippen LogP contribution in [0.1, 0.15) is 13.3 Å². The van der Waals surface area contributed by atoms with E-state index in [1.165, 1.54) is 0 Å². The van der Waals surface area contributed by atoms with Gasteiger partial charge in [-0.2, -0.15) is 0 Å². The van der Waals surface area contributed by atoms with Gasteiger partial charge in [-0.3, -0.25) is 0 Å². The second-order valence-electron chi connectivity index (χ2n) is 3.58. The van der Waals surface area contributed by atoms with Gasteiger partial charge in [0.15, 0.2) is 0 Å². The van der Waals surface area contributed by atoms with Crippen LogP contribution in [0.15, 0.2) is 24.3 Å². The Hall–Kier alpha value is -0.770. The van der Waals surface area contributed by atoms with Gasteiger partial charge in [0.25, 0.3) is 0 Å². The molecule has 0 saturated heterocycles. The topological polar surface area (TPSA) is 44.5 Å². The maximum atomic E-state index is 5.83. The van der Waals surface area contributed by atoms with Crippen molar-refractivity contribution in [3.8, 4) is 5.75 Å². The zero-order valence-corrected chi connectivity index (χ0v) is 10.2. The minimum Gasteiger partial charge on any atom is -0.493 e. The van der Waals surface area contributed by atoms with Crippen LogP contribution in [-0.4, -0.2) is 25.9 Å². The van der Waals surface area contributed by atoms with Gasteiger partial charge < -0.3 is 15.2 Å². The van der Waals surface area contributed by atoms with Gasteiger partial charge in [-0.25, -0.2) is 0 Å². The molecule has 0 heterocycles. The lowest BCUT2D eigenvalue weighted by atomic mass is 10.3. The number of halogens is 1. The van der Waals surface area contributed by atoms with E-state index in [-0.39, 0.29) is 6.10 Å². The lowest BCUT2D eigenvalue weighted by molar-refractivity contribution is 0.0631. The van der Waals surface area contributed by atoms with Gasteiger partial charge >= 0.3 is 0 Å². The molecule has 1 rings (SSSR count). The SMILES string of the molecule is CC(CN)OCCCOc1cccc(Cl)c1. The summed E-state index contributed by atoms with van der Waals surface area (Å²) >= 11 is 5.83. The summed E-state index contributed by atoms with van der Waals surface area (Å²) in [6.45, 7) is 3.80. The molecular weight excluding hydrogens is 226 g/mol. The van der Waals surface area contributed by atoms with Gasteiger partial charge in [0, 0.05) is 18.0 Å². The molecule has 4 heteroatoms. The highest BCUT2D eigenvalue weighted by Gasteiger charge is 1.98. The fourth-order valence-electron chi connectivity index (χ4n) is 1.16. The second-order valence-corrected chi connectivity index (χ2v) is 4.01. The van der Waals surface area contributed by atoms with Crippen LogP contribution in [0.3, 0.4) is 0 Å². The number of hydrogen-bond acceptors (Lipinski definition) is 3. The molecule has 0 aromatic heterocycles. The third kappa shape index (κ3) is 5.35. The van der Waals surface area contributed by atoms with E-state index < -0.39 is 0 Å². The van der Waals surface area contributed by atoms with Crippen LogP contribution in [0, 0.1) is 0 Å². The van der Waals surface area contributed by atoms with E-state index in [0.717, 1.165) is 12.2 Å². The van der Waals surface area contributed by atoms with Crippen molar-refractivity contribution < 1.29 is 9.47 Å². The summed E-state index contributed by atoms with van der Waals surface area (Å²) in [7, 11) is 0. The number of nitrogens with two attached hydrogens (primary N) is 1. The summed E-state index contributed by atoms with van der Waals surface area (Å²) in [4.78, 5) is 0. The van der Waals surface area contributed by atoms with Crippen LogP contribution in [0.5, 0.6) is 5.75 Å². The molecule has 0 amide bonds. The van der Waals surface area contributed by atoms with Crippen LogP contribution in [-0.2, 0) is 4.74 Å². The van der Waals surface area contributed by atoms with Crippen molar-refractivity contribution in [3.63, 3.8) is 0 Å². The van der Waals surface area contributed by atoms with Crippen molar-refractivity contribution in [3.05, 3.63) is 29.3 Å². The van der Waals surface area contributed by atoms with Gasteiger partial charge in [0.05, 0.1) is 19.3 Å². The second kappa shape index (κ2) is 7.49. The van der Waals surface area contributed by atoms with Gasteiger partial charge in [0.1, 0.15) is 5.75 Å². The summed E-state index contributed by atoms with van der Waals surface area (Å²) in [5.74, 6) is 0.791. The zero-order valence-electron chi connectivity index (χ0n) is 9.49.